The highest BCUT2D eigenvalue weighted by Crippen LogP contribution is 2.37. The second-order valence-electron chi connectivity index (χ2n) is 23.7. The molecule has 4 N–H and O–H groups in total. The predicted octanol–water partition coefficient (Wildman–Crippen LogP) is 11.9. The average Bonchev–Trinajstić information content (AvgIpc) is 0.774. The van der Waals surface area contributed by atoms with Gasteiger partial charge in [0, 0.05) is 120 Å². The monoisotopic (exact) mass is 1290 g/mol. The third-order valence-corrected chi connectivity index (χ3v) is 16.6. The number of benzene rings is 7. The van der Waals surface area contributed by atoms with E-state index in [1.807, 2.05) is 114 Å². The van der Waals surface area contributed by atoms with Crippen LogP contribution in [0.4, 0.5) is 0 Å². The molecule has 13 aromatic rings. The van der Waals surface area contributed by atoms with Gasteiger partial charge in [0.2, 0.25) is 0 Å². The summed E-state index contributed by atoms with van der Waals surface area (Å²) >= 11 is 0. The number of nitrogens with one attached hydrogen (secondary N) is 1. The fourth-order valence-corrected chi connectivity index (χ4v) is 11.5. The van der Waals surface area contributed by atoms with Gasteiger partial charge in [0.15, 0.2) is 0 Å². The minimum atomic E-state index is -0.606. The third kappa shape index (κ3) is 15.0. The maximum Gasteiger partial charge on any atom is 0.344 e. The molecule has 0 aliphatic carbocycles. The molecular weight excluding hydrogens is 1220 g/mol. The fraction of sp³-hybridized carbons (Fsp3) is 0.211. The van der Waals surface area contributed by atoms with Crippen molar-refractivity contribution in [1.82, 2.24) is 24.9 Å². The second kappa shape index (κ2) is 29.5. The number of aromatic hydroxyl groups is 3. The SMILES string of the molecule is CCN(CCN(C)C)Cc1c(O)ccc2c(-c3cc4ccccc4oc3=O)cc(=O)oc12.CCN(Cc1ccccc1)Cc1c(O)ccc2c(-c3cc4ccccc4oc3=O)cc(=O)oc12.CN(C)CCNCc1c(O)ccc2c(-c3cc4ccccc4oc3=O)cc(=O)oc12. The van der Waals surface area contributed by atoms with Gasteiger partial charge in [-0.1, -0.05) is 98.8 Å². The van der Waals surface area contributed by atoms with Crippen LogP contribution in [0.5, 0.6) is 17.2 Å². The maximum atomic E-state index is 12.8. The minimum absolute atomic E-state index is 0.0192. The Balaban J connectivity index is 0.000000147. The summed E-state index contributed by atoms with van der Waals surface area (Å²) < 4.78 is 33.0. The molecule has 20 nitrogen and oxygen atoms in total. The Kier molecular flexibility index (Phi) is 20.4. The van der Waals surface area contributed by atoms with Crippen LogP contribution < -0.4 is 39.1 Å². The molecule has 490 valence electrons. The summed E-state index contributed by atoms with van der Waals surface area (Å²) in [6.07, 6.45) is 0. The van der Waals surface area contributed by atoms with E-state index in [0.29, 0.717) is 99.0 Å². The zero-order chi connectivity index (χ0) is 67.7. The van der Waals surface area contributed by atoms with Gasteiger partial charge in [-0.25, -0.2) is 28.8 Å². The molecule has 0 aliphatic rings. The normalized spacial score (nSPS) is 11.6. The number of phenolic OH excluding ortho intramolecular Hbond substituents is 3. The van der Waals surface area contributed by atoms with Crippen molar-refractivity contribution in [3.05, 3.63) is 261 Å². The molecule has 0 spiro atoms. The summed E-state index contributed by atoms with van der Waals surface area (Å²) in [4.78, 5) is 84.0. The van der Waals surface area contributed by atoms with Crippen molar-refractivity contribution in [3.63, 3.8) is 0 Å². The highest BCUT2D eigenvalue weighted by Gasteiger charge is 2.23. The Hall–Kier alpha value is -11.0. The Morgan fingerprint density at radius 2 is 0.729 bits per heavy atom. The highest BCUT2D eigenvalue weighted by molar-refractivity contribution is 5.99. The summed E-state index contributed by atoms with van der Waals surface area (Å²) in [6, 6.07) is 50.3. The molecule has 0 aliphatic heterocycles. The number of hydrogen-bond acceptors (Lipinski definition) is 20. The molecule has 6 heterocycles. The molecule has 0 unspecified atom stereocenters. The van der Waals surface area contributed by atoms with Gasteiger partial charge in [0.25, 0.3) is 0 Å². The molecule has 0 fully saturated rings. The van der Waals surface area contributed by atoms with E-state index in [-0.39, 0.29) is 50.7 Å². The number of para-hydroxylation sites is 3. The van der Waals surface area contributed by atoms with Gasteiger partial charge in [0.1, 0.15) is 50.7 Å². The van der Waals surface area contributed by atoms with E-state index in [1.165, 1.54) is 24.3 Å². The topological polar surface area (TPSA) is 267 Å². The van der Waals surface area contributed by atoms with Crippen molar-refractivity contribution < 1.29 is 41.8 Å². The van der Waals surface area contributed by atoms with E-state index in [9.17, 15) is 44.1 Å². The first-order valence-electron chi connectivity index (χ1n) is 31.3. The molecule has 6 aromatic heterocycles. The lowest BCUT2D eigenvalue weighted by atomic mass is 9.99. The molecule has 13 rings (SSSR count). The van der Waals surface area contributed by atoms with E-state index in [2.05, 4.69) is 20.0 Å². The highest BCUT2D eigenvalue weighted by atomic mass is 16.4. The average molecular weight is 1290 g/mol. The van der Waals surface area contributed by atoms with Gasteiger partial charge < -0.3 is 56.9 Å². The minimum Gasteiger partial charge on any atom is -0.507 e. The van der Waals surface area contributed by atoms with Gasteiger partial charge >= 0.3 is 33.8 Å². The molecule has 0 saturated heterocycles. The molecule has 0 saturated carbocycles. The Morgan fingerprint density at radius 3 is 1.12 bits per heavy atom. The largest absolute Gasteiger partial charge is 0.507 e. The van der Waals surface area contributed by atoms with E-state index in [0.717, 1.165) is 54.4 Å². The second-order valence-corrected chi connectivity index (χ2v) is 23.7. The summed E-state index contributed by atoms with van der Waals surface area (Å²) in [5.41, 5.74) is 3.49. The maximum absolute atomic E-state index is 12.8. The lowest BCUT2D eigenvalue weighted by molar-refractivity contribution is 0.241. The van der Waals surface area contributed by atoms with Gasteiger partial charge in [-0.3, -0.25) is 9.80 Å². The van der Waals surface area contributed by atoms with E-state index in [1.54, 1.807) is 84.9 Å². The number of hydrogen-bond donors (Lipinski definition) is 4. The molecule has 7 aromatic carbocycles. The Morgan fingerprint density at radius 1 is 0.365 bits per heavy atom. The summed E-state index contributed by atoms with van der Waals surface area (Å²) in [6.45, 7) is 10.5. The Bertz CT molecular complexity index is 5380. The molecule has 0 amide bonds. The predicted molar refractivity (Wildman–Crippen MR) is 373 cm³/mol. The van der Waals surface area contributed by atoms with Gasteiger partial charge in [-0.15, -0.1) is 0 Å². The van der Waals surface area contributed by atoms with Crippen molar-refractivity contribution in [1.29, 1.82) is 0 Å². The van der Waals surface area contributed by atoms with E-state index < -0.39 is 33.8 Å². The lowest BCUT2D eigenvalue weighted by Crippen LogP contribution is -2.31. The summed E-state index contributed by atoms with van der Waals surface area (Å²) in [5.74, 6) is 0.0993. The third-order valence-electron chi connectivity index (χ3n) is 16.6. The summed E-state index contributed by atoms with van der Waals surface area (Å²) in [7, 11) is 7.95. The van der Waals surface area contributed by atoms with Crippen LogP contribution in [0.25, 0.3) is 99.2 Å². The number of fused-ring (bicyclic) bond motifs is 6. The van der Waals surface area contributed by atoms with Crippen LogP contribution in [0.3, 0.4) is 0 Å². The fourth-order valence-electron chi connectivity index (χ4n) is 11.5. The Labute approximate surface area is 548 Å². The van der Waals surface area contributed by atoms with Crippen LogP contribution >= 0.6 is 0 Å². The van der Waals surface area contributed by atoms with Crippen molar-refractivity contribution in [2.24, 2.45) is 0 Å². The molecule has 0 bridgehead atoms. The van der Waals surface area contributed by atoms with E-state index >= 15 is 0 Å². The van der Waals surface area contributed by atoms with Crippen LogP contribution in [0, 0.1) is 0 Å². The molecule has 0 radical (unpaired) electrons. The summed E-state index contributed by atoms with van der Waals surface area (Å²) in [5, 5.41) is 38.8. The number of phenols is 3. The van der Waals surface area contributed by atoms with Crippen LogP contribution in [0.1, 0.15) is 36.1 Å². The van der Waals surface area contributed by atoms with Gasteiger partial charge in [-0.2, -0.15) is 0 Å². The first-order chi connectivity index (χ1) is 46.3. The first kappa shape index (κ1) is 66.5. The smallest absolute Gasteiger partial charge is 0.344 e. The van der Waals surface area contributed by atoms with Crippen molar-refractivity contribution >= 4 is 65.8 Å². The van der Waals surface area contributed by atoms with Crippen LogP contribution in [-0.2, 0) is 26.2 Å². The number of nitrogens with zero attached hydrogens (tertiary/aromatic N) is 4. The molecular formula is C76H71N5O15. The molecule has 96 heavy (non-hydrogen) atoms. The van der Waals surface area contributed by atoms with Crippen LogP contribution in [-0.4, -0.2) is 102 Å². The van der Waals surface area contributed by atoms with Crippen molar-refractivity contribution in [2.45, 2.75) is 40.0 Å². The first-order valence-corrected chi connectivity index (χ1v) is 31.3. The molecule has 0 atom stereocenters. The quantitative estimate of drug-likeness (QED) is 0.0433. The number of rotatable bonds is 19. The number of likely N-dealkylation sites (N-methyl/N-ethyl adjacent to an activating group) is 3. The standard InChI is InChI=1S/C28H23NO5.C25H26N2O5.C23H22N2O5/c1-2-29(16-18-8-4-3-5-9-18)17-23-24(30)13-12-20-21(15-26(31)34-27(20)23)22-14-19-10-6-7-11-25(19)33-28(22)32;1-4-27(12-11-26(2)3)15-20-21(28)10-9-17-18(14-23(29)32-24(17)20)19-13-16-7-5-6-8-22(16)31-25(19)30;1-25(2)10-9-24-13-18-19(26)8-7-15-16(12-21(27)30-22(15)18)17-11-14-5-3-4-6-20(14)29-23(17)28/h3-15,30H,2,16-17H2,1H3;5-10,13-14,28H,4,11-12,15H2,1-3H3;3-8,11-12,24,26H,9-10,13H2,1-2H3. The van der Waals surface area contributed by atoms with Crippen LogP contribution in [0.2, 0.25) is 0 Å². The van der Waals surface area contributed by atoms with E-state index in [4.69, 9.17) is 26.5 Å². The van der Waals surface area contributed by atoms with Crippen LogP contribution in [0.15, 0.2) is 231 Å². The van der Waals surface area contributed by atoms with Gasteiger partial charge in [-0.05, 0) is 120 Å². The zero-order valence-electron chi connectivity index (χ0n) is 53.8. The lowest BCUT2D eigenvalue weighted by Gasteiger charge is -2.23. The zero-order valence-corrected chi connectivity index (χ0v) is 53.8. The van der Waals surface area contributed by atoms with Gasteiger partial charge in [0.05, 0.1) is 33.4 Å². The van der Waals surface area contributed by atoms with Crippen molar-refractivity contribution in [2.75, 3.05) is 67.5 Å². The van der Waals surface area contributed by atoms with Crippen molar-refractivity contribution in [3.8, 4) is 50.6 Å². The molecule has 20 heteroatoms.